The minimum Gasteiger partial charge on any atom is -0.311 e. The van der Waals surface area contributed by atoms with Gasteiger partial charge in [0.25, 0.3) is 0 Å². The van der Waals surface area contributed by atoms with Gasteiger partial charge in [-0.25, -0.2) is 9.59 Å². The van der Waals surface area contributed by atoms with Crippen LogP contribution in [0.25, 0.3) is 0 Å². The van der Waals surface area contributed by atoms with Crippen molar-refractivity contribution < 1.29 is 26.4 Å². The van der Waals surface area contributed by atoms with Crippen LogP contribution in [0.4, 0.5) is 0 Å². The maximum atomic E-state index is 11.6. The second kappa shape index (κ2) is 6.19. The average Bonchev–Trinajstić information content (AvgIpc) is 2.48. The van der Waals surface area contributed by atoms with Crippen LogP contribution in [-0.2, 0) is 18.8 Å². The van der Waals surface area contributed by atoms with Gasteiger partial charge in [-0.3, -0.25) is 0 Å². The molecule has 0 amide bonds. The summed E-state index contributed by atoms with van der Waals surface area (Å²) in [6, 6.07) is 15.0. The first kappa shape index (κ1) is 14.7. The van der Waals surface area contributed by atoms with Gasteiger partial charge >= 0.3 is 22.3 Å². The van der Waals surface area contributed by atoms with E-state index in [2.05, 4.69) is 8.37 Å². The van der Waals surface area contributed by atoms with E-state index in [-0.39, 0.29) is 11.1 Å². The number of carbonyl (C=O) groups excluding carboxylic acids is 2. The molecule has 21 heavy (non-hydrogen) atoms. The fraction of sp³-hybridized carbons (Fsp3) is 0. The molecule has 0 saturated heterocycles. The lowest BCUT2D eigenvalue weighted by molar-refractivity contribution is 0.0648. The number of hydrogen-bond acceptors (Lipinski definition) is 6. The molecular weight excluding hydrogens is 296 g/mol. The Labute approximate surface area is 121 Å². The normalized spacial score (nSPS) is 10.7. The highest BCUT2D eigenvalue weighted by molar-refractivity contribution is 7.82. The molecule has 0 N–H and O–H groups in total. The Hall–Kier alpha value is -2.67. The highest BCUT2D eigenvalue weighted by Crippen LogP contribution is 2.09. The van der Waals surface area contributed by atoms with Crippen molar-refractivity contribution >= 4 is 22.3 Å². The van der Waals surface area contributed by atoms with E-state index in [1.807, 2.05) is 0 Å². The van der Waals surface area contributed by atoms with E-state index in [0.717, 1.165) is 0 Å². The van der Waals surface area contributed by atoms with Crippen molar-refractivity contribution in [3.8, 4) is 0 Å². The monoisotopic (exact) mass is 306 g/mol. The minimum absolute atomic E-state index is 0.0248. The van der Waals surface area contributed by atoms with E-state index in [1.54, 1.807) is 36.4 Å². The van der Waals surface area contributed by atoms with Gasteiger partial charge in [0.15, 0.2) is 0 Å². The standard InChI is InChI=1S/C14H10O6S/c15-13(11-7-3-1-4-8-11)19-21(17,18)20-14(16)12-9-5-2-6-10-12/h1-10H. The van der Waals surface area contributed by atoms with Crippen LogP contribution in [-0.4, -0.2) is 20.4 Å². The van der Waals surface area contributed by atoms with Gasteiger partial charge in [0.05, 0.1) is 11.1 Å². The summed E-state index contributed by atoms with van der Waals surface area (Å²) in [6.45, 7) is 0. The van der Waals surface area contributed by atoms with Gasteiger partial charge in [-0.15, -0.1) is 8.42 Å². The molecule has 108 valence electrons. The van der Waals surface area contributed by atoms with Crippen LogP contribution in [0.2, 0.25) is 0 Å². The van der Waals surface area contributed by atoms with Gasteiger partial charge in [-0.2, -0.15) is 0 Å². The summed E-state index contributed by atoms with van der Waals surface area (Å²) < 4.78 is 31.4. The topological polar surface area (TPSA) is 86.7 Å². The van der Waals surface area contributed by atoms with Gasteiger partial charge in [-0.1, -0.05) is 36.4 Å². The smallest absolute Gasteiger partial charge is 0.311 e. The molecule has 0 aromatic heterocycles. The molecule has 0 spiro atoms. The second-order valence-corrected chi connectivity index (χ2v) is 5.03. The molecule has 2 rings (SSSR count). The van der Waals surface area contributed by atoms with E-state index in [1.165, 1.54) is 24.3 Å². The maximum absolute atomic E-state index is 11.6. The van der Waals surface area contributed by atoms with Crippen molar-refractivity contribution in [2.24, 2.45) is 0 Å². The van der Waals surface area contributed by atoms with Crippen LogP contribution < -0.4 is 0 Å². The van der Waals surface area contributed by atoms with Crippen molar-refractivity contribution in [1.29, 1.82) is 0 Å². The summed E-state index contributed by atoms with van der Waals surface area (Å²) in [4.78, 5) is 23.2. The highest BCUT2D eigenvalue weighted by Gasteiger charge is 2.24. The fourth-order valence-electron chi connectivity index (χ4n) is 1.45. The molecule has 7 heteroatoms. The number of hydrogen-bond donors (Lipinski definition) is 0. The Morgan fingerprint density at radius 2 is 1.00 bits per heavy atom. The molecular formula is C14H10O6S. The fourth-order valence-corrected chi connectivity index (χ4v) is 2.04. The second-order valence-electron chi connectivity index (χ2n) is 3.88. The van der Waals surface area contributed by atoms with Crippen LogP contribution in [0.1, 0.15) is 20.7 Å². The molecule has 6 nitrogen and oxygen atoms in total. The lowest BCUT2D eigenvalue weighted by atomic mass is 10.2. The van der Waals surface area contributed by atoms with Crippen molar-refractivity contribution in [2.75, 3.05) is 0 Å². The predicted octanol–water partition coefficient (Wildman–Crippen LogP) is 1.95. The summed E-state index contributed by atoms with van der Waals surface area (Å²) in [6.07, 6.45) is 0. The van der Waals surface area contributed by atoms with Crippen LogP contribution in [0.3, 0.4) is 0 Å². The molecule has 0 atom stereocenters. The molecule has 0 aliphatic heterocycles. The lowest BCUT2D eigenvalue weighted by Gasteiger charge is -2.05. The van der Waals surface area contributed by atoms with E-state index >= 15 is 0 Å². The van der Waals surface area contributed by atoms with Crippen LogP contribution in [0.5, 0.6) is 0 Å². The van der Waals surface area contributed by atoms with Gasteiger partial charge in [0.2, 0.25) is 0 Å². The van der Waals surface area contributed by atoms with E-state index in [4.69, 9.17) is 0 Å². The molecule has 2 aromatic rings. The first-order chi connectivity index (χ1) is 9.98. The molecule has 0 radical (unpaired) electrons. The molecule has 0 aliphatic rings. The largest absolute Gasteiger partial charge is 0.506 e. The summed E-state index contributed by atoms with van der Waals surface area (Å²) >= 11 is 0. The SMILES string of the molecule is O=C(OS(=O)(=O)OC(=O)c1ccccc1)c1ccccc1. The van der Waals surface area contributed by atoms with Crippen molar-refractivity contribution in [3.63, 3.8) is 0 Å². The van der Waals surface area contributed by atoms with Gasteiger partial charge in [0.1, 0.15) is 0 Å². The van der Waals surface area contributed by atoms with Gasteiger partial charge in [-0.05, 0) is 24.3 Å². The zero-order chi connectivity index (χ0) is 15.3. The van der Waals surface area contributed by atoms with E-state index in [0.29, 0.717) is 0 Å². The molecule has 0 unspecified atom stereocenters. The molecule has 0 aliphatic carbocycles. The third-order valence-electron chi connectivity index (χ3n) is 2.37. The molecule has 0 heterocycles. The average molecular weight is 306 g/mol. The predicted molar refractivity (Wildman–Crippen MR) is 72.6 cm³/mol. The lowest BCUT2D eigenvalue weighted by Crippen LogP contribution is -2.19. The summed E-state index contributed by atoms with van der Waals surface area (Å²) in [7, 11) is -4.78. The van der Waals surface area contributed by atoms with Gasteiger partial charge < -0.3 is 8.37 Å². The van der Waals surface area contributed by atoms with Crippen molar-refractivity contribution in [1.82, 2.24) is 0 Å². The van der Waals surface area contributed by atoms with Crippen molar-refractivity contribution in [2.45, 2.75) is 0 Å². The minimum atomic E-state index is -4.78. The zero-order valence-electron chi connectivity index (χ0n) is 10.6. The first-order valence-electron chi connectivity index (χ1n) is 5.80. The van der Waals surface area contributed by atoms with Crippen molar-refractivity contribution in [3.05, 3.63) is 71.8 Å². The van der Waals surface area contributed by atoms with E-state index < -0.39 is 22.3 Å². The third kappa shape index (κ3) is 4.15. The Balaban J connectivity index is 2.06. The van der Waals surface area contributed by atoms with Gasteiger partial charge in [0, 0.05) is 0 Å². The molecule has 0 fully saturated rings. The van der Waals surface area contributed by atoms with E-state index in [9.17, 15) is 18.0 Å². The third-order valence-corrected chi connectivity index (χ3v) is 3.09. The highest BCUT2D eigenvalue weighted by atomic mass is 32.3. The Morgan fingerprint density at radius 3 is 1.33 bits per heavy atom. The molecule has 0 bridgehead atoms. The van der Waals surface area contributed by atoms with Crippen LogP contribution >= 0.6 is 0 Å². The molecule has 0 saturated carbocycles. The van der Waals surface area contributed by atoms with Crippen LogP contribution in [0, 0.1) is 0 Å². The summed E-state index contributed by atoms with van der Waals surface area (Å²) in [5, 5.41) is 0. The number of carbonyl (C=O) groups is 2. The molecule has 2 aromatic carbocycles. The quantitative estimate of drug-likeness (QED) is 0.858. The Morgan fingerprint density at radius 1 is 0.667 bits per heavy atom. The Kier molecular flexibility index (Phi) is 4.34. The number of rotatable bonds is 4. The van der Waals surface area contributed by atoms with Crippen LogP contribution in [0.15, 0.2) is 60.7 Å². The number of benzene rings is 2. The summed E-state index contributed by atoms with van der Waals surface area (Å²) in [5.41, 5.74) is 0.0497. The first-order valence-corrected chi connectivity index (χ1v) is 7.14. The summed E-state index contributed by atoms with van der Waals surface area (Å²) in [5.74, 6) is -2.26. The maximum Gasteiger partial charge on any atom is 0.506 e. The zero-order valence-corrected chi connectivity index (χ0v) is 11.4. The Bertz CT molecular complexity index is 678.